The third-order valence-electron chi connectivity index (χ3n) is 4.89. The number of hydrogen-bond donors (Lipinski definition) is 0. The molecule has 2 aromatic carbocycles. The molecule has 152 valence electrons. The lowest BCUT2D eigenvalue weighted by molar-refractivity contribution is -0.151. The lowest BCUT2D eigenvalue weighted by Gasteiger charge is -2.20. The van der Waals surface area contributed by atoms with Gasteiger partial charge in [0.15, 0.2) is 6.10 Å². The van der Waals surface area contributed by atoms with Crippen LogP contribution in [0.4, 0.5) is 5.69 Å². The summed E-state index contributed by atoms with van der Waals surface area (Å²) in [4.78, 5) is 39.4. The van der Waals surface area contributed by atoms with Gasteiger partial charge in [0, 0.05) is 18.5 Å². The zero-order valence-corrected chi connectivity index (χ0v) is 16.7. The molecule has 0 unspecified atom stereocenters. The van der Waals surface area contributed by atoms with Gasteiger partial charge in [0.2, 0.25) is 11.7 Å². The third kappa shape index (κ3) is 4.65. The lowest BCUT2D eigenvalue weighted by Crippen LogP contribution is -2.31. The average molecular weight is 395 g/mol. The molecule has 0 spiro atoms. The molecule has 2 aromatic rings. The highest BCUT2D eigenvalue weighted by atomic mass is 16.5. The quantitative estimate of drug-likeness (QED) is 0.504. The summed E-state index contributed by atoms with van der Waals surface area (Å²) >= 11 is 0. The number of hydrogen-bond acceptors (Lipinski definition) is 5. The predicted molar refractivity (Wildman–Crippen MR) is 109 cm³/mol. The second-order valence-corrected chi connectivity index (χ2v) is 6.87. The first-order valence-corrected chi connectivity index (χ1v) is 9.87. The molecule has 1 aliphatic rings. The van der Waals surface area contributed by atoms with Gasteiger partial charge in [-0.2, -0.15) is 0 Å². The number of benzene rings is 2. The summed E-state index contributed by atoms with van der Waals surface area (Å²) in [6.07, 6.45) is -0.434. The number of nitrogens with zero attached hydrogens (tertiary/aromatic N) is 1. The Balaban J connectivity index is 1.69. The number of carbonyl (C=O) groups excluding carboxylic acids is 3. The molecule has 2 atom stereocenters. The van der Waals surface area contributed by atoms with E-state index in [4.69, 9.17) is 9.47 Å². The fourth-order valence-electron chi connectivity index (χ4n) is 3.40. The molecule has 0 aromatic heterocycles. The Bertz CT molecular complexity index is 880. The van der Waals surface area contributed by atoms with Crippen LogP contribution in [0.1, 0.15) is 37.0 Å². The molecule has 0 radical (unpaired) electrons. The number of anilines is 1. The summed E-state index contributed by atoms with van der Waals surface area (Å²) in [5.41, 5.74) is 1.14. The molecule has 0 N–H and O–H groups in total. The molecule has 29 heavy (non-hydrogen) atoms. The van der Waals surface area contributed by atoms with Crippen LogP contribution in [0.3, 0.4) is 0 Å². The lowest BCUT2D eigenvalue weighted by atomic mass is 10.0. The van der Waals surface area contributed by atoms with Crippen LogP contribution in [0.15, 0.2) is 54.6 Å². The second kappa shape index (κ2) is 9.37. The SMILES string of the molecule is CCOc1ccccc1N1C[C@H](C(=O)O[C@@H](CC)C(=O)c2ccccc2)CC1=O. The number of rotatable bonds is 8. The summed E-state index contributed by atoms with van der Waals surface area (Å²) in [6.45, 7) is 4.35. The van der Waals surface area contributed by atoms with E-state index in [0.717, 1.165) is 0 Å². The molecule has 3 rings (SSSR count). The van der Waals surface area contributed by atoms with Crippen LogP contribution in [0.2, 0.25) is 0 Å². The standard InChI is InChI=1S/C23H25NO5/c1-3-19(22(26)16-10-6-5-7-11-16)29-23(27)17-14-21(25)24(15-17)18-12-8-9-13-20(18)28-4-2/h5-13,17,19H,3-4,14-15H2,1-2H3/t17-,19+/m1/s1. The first-order valence-electron chi connectivity index (χ1n) is 9.87. The van der Waals surface area contributed by atoms with E-state index in [1.54, 1.807) is 48.2 Å². The normalized spacial score (nSPS) is 17.1. The molecule has 6 heteroatoms. The van der Waals surface area contributed by atoms with Crippen LogP contribution < -0.4 is 9.64 Å². The Hall–Kier alpha value is -3.15. The minimum Gasteiger partial charge on any atom is -0.492 e. The highest BCUT2D eigenvalue weighted by molar-refractivity contribution is 6.02. The molecule has 1 fully saturated rings. The monoisotopic (exact) mass is 395 g/mol. The Morgan fingerprint density at radius 3 is 2.45 bits per heavy atom. The highest BCUT2D eigenvalue weighted by Gasteiger charge is 2.38. The van der Waals surface area contributed by atoms with Gasteiger partial charge in [-0.05, 0) is 25.5 Å². The Morgan fingerprint density at radius 1 is 1.07 bits per heavy atom. The molecule has 0 saturated carbocycles. The minimum atomic E-state index is -0.857. The van der Waals surface area contributed by atoms with Gasteiger partial charge < -0.3 is 14.4 Å². The van der Waals surface area contributed by atoms with Gasteiger partial charge in [0.05, 0.1) is 18.2 Å². The summed E-state index contributed by atoms with van der Waals surface area (Å²) in [5.74, 6) is -0.936. The van der Waals surface area contributed by atoms with E-state index in [9.17, 15) is 14.4 Å². The first kappa shape index (κ1) is 20.6. The van der Waals surface area contributed by atoms with Crippen molar-refractivity contribution >= 4 is 23.3 Å². The van der Waals surface area contributed by atoms with E-state index in [1.807, 2.05) is 25.1 Å². The topological polar surface area (TPSA) is 72.9 Å². The van der Waals surface area contributed by atoms with Gasteiger partial charge in [0.1, 0.15) is 5.75 Å². The fraction of sp³-hybridized carbons (Fsp3) is 0.348. The minimum absolute atomic E-state index is 0.0508. The number of carbonyl (C=O) groups is 3. The molecule has 0 bridgehead atoms. The van der Waals surface area contributed by atoms with Crippen molar-refractivity contribution in [2.24, 2.45) is 5.92 Å². The number of ether oxygens (including phenoxy) is 2. The number of amides is 1. The number of esters is 1. The van der Waals surface area contributed by atoms with E-state index in [-0.39, 0.29) is 24.7 Å². The van der Waals surface area contributed by atoms with Gasteiger partial charge in [0.25, 0.3) is 0 Å². The summed E-state index contributed by atoms with van der Waals surface area (Å²) in [7, 11) is 0. The molecule has 1 amide bonds. The van der Waals surface area contributed by atoms with Crippen molar-refractivity contribution in [1.29, 1.82) is 0 Å². The smallest absolute Gasteiger partial charge is 0.312 e. The molecule has 6 nitrogen and oxygen atoms in total. The van der Waals surface area contributed by atoms with Crippen LogP contribution in [0.25, 0.3) is 0 Å². The maximum Gasteiger partial charge on any atom is 0.312 e. The fourth-order valence-corrected chi connectivity index (χ4v) is 3.40. The summed E-state index contributed by atoms with van der Waals surface area (Å²) in [6, 6.07) is 16.0. The average Bonchev–Trinajstić information content (AvgIpc) is 3.14. The van der Waals surface area contributed by atoms with Gasteiger partial charge in [-0.1, -0.05) is 49.4 Å². The van der Waals surface area contributed by atoms with Gasteiger partial charge >= 0.3 is 5.97 Å². The molecule has 1 aliphatic heterocycles. The largest absolute Gasteiger partial charge is 0.492 e. The van der Waals surface area contributed by atoms with Crippen molar-refractivity contribution < 1.29 is 23.9 Å². The van der Waals surface area contributed by atoms with Crippen molar-refractivity contribution in [3.05, 3.63) is 60.2 Å². The van der Waals surface area contributed by atoms with E-state index >= 15 is 0 Å². The van der Waals surface area contributed by atoms with Gasteiger partial charge in [-0.25, -0.2) is 0 Å². The molecule has 0 aliphatic carbocycles. The molecule has 1 saturated heterocycles. The molecule has 1 heterocycles. The summed E-state index contributed by atoms with van der Waals surface area (Å²) in [5, 5.41) is 0. The second-order valence-electron chi connectivity index (χ2n) is 6.87. The number of Topliss-reactive ketones (excluding diaryl/α,β-unsaturated/α-hetero) is 1. The highest BCUT2D eigenvalue weighted by Crippen LogP contribution is 2.33. The van der Waals surface area contributed by atoms with E-state index < -0.39 is 18.0 Å². The molecular formula is C23H25NO5. The van der Waals surface area contributed by atoms with Crippen molar-refractivity contribution in [3.8, 4) is 5.75 Å². The van der Waals surface area contributed by atoms with Gasteiger partial charge in [-0.3, -0.25) is 14.4 Å². The van der Waals surface area contributed by atoms with Crippen molar-refractivity contribution in [1.82, 2.24) is 0 Å². The zero-order valence-electron chi connectivity index (χ0n) is 16.7. The maximum absolute atomic E-state index is 12.7. The Labute approximate surface area is 170 Å². The van der Waals surface area contributed by atoms with Gasteiger partial charge in [-0.15, -0.1) is 0 Å². The van der Waals surface area contributed by atoms with Crippen molar-refractivity contribution in [2.45, 2.75) is 32.8 Å². The summed E-state index contributed by atoms with van der Waals surface area (Å²) < 4.78 is 11.1. The molecular weight excluding hydrogens is 370 g/mol. The van der Waals surface area contributed by atoms with Crippen LogP contribution in [-0.4, -0.2) is 36.9 Å². The first-order chi connectivity index (χ1) is 14.0. The van der Waals surface area contributed by atoms with E-state index in [0.29, 0.717) is 30.0 Å². The zero-order chi connectivity index (χ0) is 20.8. The maximum atomic E-state index is 12.7. The van der Waals surface area contributed by atoms with Crippen molar-refractivity contribution in [2.75, 3.05) is 18.1 Å². The third-order valence-corrected chi connectivity index (χ3v) is 4.89. The Morgan fingerprint density at radius 2 is 1.76 bits per heavy atom. The van der Waals surface area contributed by atoms with Crippen LogP contribution in [0.5, 0.6) is 5.75 Å². The van der Waals surface area contributed by atoms with Crippen LogP contribution in [0, 0.1) is 5.92 Å². The van der Waals surface area contributed by atoms with E-state index in [2.05, 4.69) is 0 Å². The van der Waals surface area contributed by atoms with Crippen LogP contribution in [-0.2, 0) is 14.3 Å². The predicted octanol–water partition coefficient (Wildman–Crippen LogP) is 3.64. The number of ketones is 1. The number of para-hydroxylation sites is 2. The van der Waals surface area contributed by atoms with E-state index in [1.165, 1.54) is 0 Å². The van der Waals surface area contributed by atoms with Crippen LogP contribution >= 0.6 is 0 Å². The van der Waals surface area contributed by atoms with Crippen molar-refractivity contribution in [3.63, 3.8) is 0 Å². The Kier molecular flexibility index (Phi) is 6.65.